The molecule has 18 heavy (non-hydrogen) atoms. The molecule has 3 heteroatoms. The third-order valence-electron chi connectivity index (χ3n) is 2.66. The lowest BCUT2D eigenvalue weighted by molar-refractivity contribution is -0.120. The molecule has 0 aliphatic heterocycles. The quantitative estimate of drug-likeness (QED) is 0.820. The molecule has 0 fully saturated rings. The summed E-state index contributed by atoms with van der Waals surface area (Å²) >= 11 is 1.60. The van der Waals surface area contributed by atoms with Crippen LogP contribution in [0.3, 0.4) is 0 Å². The number of carbonyl (C=O) groups excluding carboxylic acids is 1. The molecule has 0 spiro atoms. The highest BCUT2D eigenvalue weighted by Gasteiger charge is 2.14. The summed E-state index contributed by atoms with van der Waals surface area (Å²) in [5.41, 5.74) is 1.33. The number of carbonyl (C=O) groups is 1. The number of nitrogens with one attached hydrogen (secondary N) is 1. The van der Waals surface area contributed by atoms with Crippen molar-refractivity contribution in [1.29, 1.82) is 0 Å². The molecule has 0 saturated heterocycles. The van der Waals surface area contributed by atoms with Gasteiger partial charge in [0.05, 0.1) is 5.25 Å². The molecule has 1 unspecified atom stereocenters. The molecule has 1 atom stereocenters. The Hall–Kier alpha value is -0.960. The van der Waals surface area contributed by atoms with Crippen molar-refractivity contribution >= 4 is 17.7 Å². The average molecular weight is 265 g/mol. The Bertz CT molecular complexity index is 384. The van der Waals surface area contributed by atoms with Crippen LogP contribution in [0.1, 0.15) is 46.1 Å². The van der Waals surface area contributed by atoms with E-state index in [1.807, 2.05) is 20.8 Å². The SMILES string of the molecule is CC(C)NC(=O)C(C)Sc1ccc(C(C)C)cc1. The van der Waals surface area contributed by atoms with Gasteiger partial charge in [-0.2, -0.15) is 0 Å². The average Bonchev–Trinajstić information content (AvgIpc) is 2.28. The smallest absolute Gasteiger partial charge is 0.233 e. The van der Waals surface area contributed by atoms with Gasteiger partial charge < -0.3 is 5.32 Å². The number of thioether (sulfide) groups is 1. The molecular weight excluding hydrogens is 242 g/mol. The molecule has 1 rings (SSSR count). The fourth-order valence-corrected chi connectivity index (χ4v) is 2.47. The van der Waals surface area contributed by atoms with Crippen molar-refractivity contribution < 1.29 is 4.79 Å². The summed E-state index contributed by atoms with van der Waals surface area (Å²) < 4.78 is 0. The number of amides is 1. The van der Waals surface area contributed by atoms with Gasteiger partial charge in [-0.25, -0.2) is 0 Å². The lowest BCUT2D eigenvalue weighted by Gasteiger charge is -2.14. The summed E-state index contributed by atoms with van der Waals surface area (Å²) in [5, 5.41) is 2.87. The highest BCUT2D eigenvalue weighted by atomic mass is 32.2. The highest BCUT2D eigenvalue weighted by molar-refractivity contribution is 8.00. The van der Waals surface area contributed by atoms with Gasteiger partial charge in [0.25, 0.3) is 0 Å². The number of benzene rings is 1. The van der Waals surface area contributed by atoms with Gasteiger partial charge in [-0.05, 0) is 44.4 Å². The first kappa shape index (κ1) is 15.1. The van der Waals surface area contributed by atoms with Crippen molar-refractivity contribution in [2.24, 2.45) is 0 Å². The van der Waals surface area contributed by atoms with E-state index in [2.05, 4.69) is 43.4 Å². The van der Waals surface area contributed by atoms with Crippen LogP contribution in [-0.2, 0) is 4.79 Å². The van der Waals surface area contributed by atoms with Crippen molar-refractivity contribution in [2.75, 3.05) is 0 Å². The molecule has 100 valence electrons. The summed E-state index contributed by atoms with van der Waals surface area (Å²) in [6.45, 7) is 10.3. The first-order valence-corrected chi connectivity index (χ1v) is 7.35. The minimum Gasteiger partial charge on any atom is -0.353 e. The molecule has 1 amide bonds. The fraction of sp³-hybridized carbons (Fsp3) is 0.533. The molecule has 0 bridgehead atoms. The van der Waals surface area contributed by atoms with Crippen LogP contribution in [0.5, 0.6) is 0 Å². The zero-order valence-corrected chi connectivity index (χ0v) is 12.7. The predicted octanol–water partition coefficient (Wildman–Crippen LogP) is 3.82. The second kappa shape index (κ2) is 6.83. The van der Waals surface area contributed by atoms with Crippen LogP contribution < -0.4 is 5.32 Å². The lowest BCUT2D eigenvalue weighted by Crippen LogP contribution is -2.35. The largest absolute Gasteiger partial charge is 0.353 e. The Morgan fingerprint density at radius 3 is 2.06 bits per heavy atom. The van der Waals surface area contributed by atoms with Gasteiger partial charge in [0, 0.05) is 10.9 Å². The minimum atomic E-state index is -0.0581. The Morgan fingerprint density at radius 2 is 1.61 bits per heavy atom. The molecule has 0 heterocycles. The maximum Gasteiger partial charge on any atom is 0.233 e. The van der Waals surface area contributed by atoms with E-state index in [9.17, 15) is 4.79 Å². The molecule has 1 N–H and O–H groups in total. The van der Waals surface area contributed by atoms with E-state index < -0.39 is 0 Å². The maximum atomic E-state index is 11.8. The molecule has 0 aliphatic carbocycles. The van der Waals surface area contributed by atoms with Gasteiger partial charge in [0.15, 0.2) is 0 Å². The van der Waals surface area contributed by atoms with Crippen LogP contribution in [0.4, 0.5) is 0 Å². The van der Waals surface area contributed by atoms with Crippen molar-refractivity contribution in [3.05, 3.63) is 29.8 Å². The molecule has 0 aliphatic rings. The van der Waals surface area contributed by atoms with E-state index in [0.29, 0.717) is 5.92 Å². The van der Waals surface area contributed by atoms with Crippen LogP contribution in [0, 0.1) is 0 Å². The zero-order valence-electron chi connectivity index (χ0n) is 11.9. The topological polar surface area (TPSA) is 29.1 Å². The summed E-state index contributed by atoms with van der Waals surface area (Å²) in [6.07, 6.45) is 0. The number of rotatable bonds is 5. The molecule has 0 aromatic heterocycles. The van der Waals surface area contributed by atoms with Crippen LogP contribution in [-0.4, -0.2) is 17.2 Å². The third kappa shape index (κ3) is 4.73. The predicted molar refractivity (Wildman–Crippen MR) is 79.1 cm³/mol. The fourth-order valence-electron chi connectivity index (χ4n) is 1.59. The maximum absolute atomic E-state index is 11.8. The standard InChI is InChI=1S/C15H23NOS/c1-10(2)13-6-8-14(9-7-13)18-12(5)15(17)16-11(3)4/h6-12H,1-5H3,(H,16,17). The first-order chi connectivity index (χ1) is 8.40. The monoisotopic (exact) mass is 265 g/mol. The van der Waals surface area contributed by atoms with Crippen molar-refractivity contribution in [1.82, 2.24) is 5.32 Å². The minimum absolute atomic E-state index is 0.0581. The number of hydrogen-bond donors (Lipinski definition) is 1. The molecular formula is C15H23NOS. The second-order valence-electron chi connectivity index (χ2n) is 5.15. The van der Waals surface area contributed by atoms with Gasteiger partial charge in [-0.1, -0.05) is 26.0 Å². The van der Waals surface area contributed by atoms with E-state index in [4.69, 9.17) is 0 Å². The van der Waals surface area contributed by atoms with E-state index >= 15 is 0 Å². The molecule has 0 radical (unpaired) electrons. The van der Waals surface area contributed by atoms with Gasteiger partial charge in [-0.15, -0.1) is 11.8 Å². The van der Waals surface area contributed by atoms with Crippen molar-refractivity contribution in [2.45, 2.75) is 56.7 Å². The Kier molecular flexibility index (Phi) is 5.73. The summed E-state index contributed by atoms with van der Waals surface area (Å²) in [6, 6.07) is 8.67. The van der Waals surface area contributed by atoms with Crippen LogP contribution >= 0.6 is 11.8 Å². The summed E-state index contributed by atoms with van der Waals surface area (Å²) in [4.78, 5) is 12.9. The van der Waals surface area contributed by atoms with Gasteiger partial charge in [0.1, 0.15) is 0 Å². The normalized spacial score (nSPS) is 12.8. The molecule has 1 aromatic carbocycles. The highest BCUT2D eigenvalue weighted by Crippen LogP contribution is 2.25. The number of hydrogen-bond acceptors (Lipinski definition) is 2. The molecule has 0 saturated carbocycles. The van der Waals surface area contributed by atoms with E-state index in [1.54, 1.807) is 11.8 Å². The van der Waals surface area contributed by atoms with Crippen molar-refractivity contribution in [3.8, 4) is 0 Å². The van der Waals surface area contributed by atoms with Crippen molar-refractivity contribution in [3.63, 3.8) is 0 Å². The van der Waals surface area contributed by atoms with Crippen LogP contribution in [0.25, 0.3) is 0 Å². The Morgan fingerprint density at radius 1 is 1.06 bits per heavy atom. The summed E-state index contributed by atoms with van der Waals surface area (Å²) in [7, 11) is 0. The van der Waals surface area contributed by atoms with Gasteiger partial charge in [-0.3, -0.25) is 4.79 Å². The Balaban J connectivity index is 2.59. The zero-order chi connectivity index (χ0) is 13.7. The van der Waals surface area contributed by atoms with E-state index in [-0.39, 0.29) is 17.2 Å². The van der Waals surface area contributed by atoms with Crippen LogP contribution in [0.15, 0.2) is 29.2 Å². The first-order valence-electron chi connectivity index (χ1n) is 6.47. The third-order valence-corrected chi connectivity index (χ3v) is 3.77. The van der Waals surface area contributed by atoms with Crippen LogP contribution in [0.2, 0.25) is 0 Å². The van der Waals surface area contributed by atoms with Gasteiger partial charge in [0.2, 0.25) is 5.91 Å². The molecule has 2 nitrogen and oxygen atoms in total. The van der Waals surface area contributed by atoms with Gasteiger partial charge >= 0.3 is 0 Å². The lowest BCUT2D eigenvalue weighted by atomic mass is 10.0. The summed E-state index contributed by atoms with van der Waals surface area (Å²) in [5.74, 6) is 0.647. The van der Waals surface area contributed by atoms with E-state index in [0.717, 1.165) is 4.90 Å². The Labute approximate surface area is 115 Å². The second-order valence-corrected chi connectivity index (χ2v) is 6.56. The molecule has 1 aromatic rings. The van der Waals surface area contributed by atoms with E-state index in [1.165, 1.54) is 5.56 Å².